The summed E-state index contributed by atoms with van der Waals surface area (Å²) in [6.07, 6.45) is 2.15. The molecule has 0 aromatic heterocycles. The first-order valence-electron chi connectivity index (χ1n) is 6.86. The molecule has 0 fully saturated rings. The van der Waals surface area contributed by atoms with E-state index in [1.807, 2.05) is 0 Å². The summed E-state index contributed by atoms with van der Waals surface area (Å²) in [4.78, 5) is 13.9. The lowest BCUT2D eigenvalue weighted by Gasteiger charge is -2.18. The first-order chi connectivity index (χ1) is 8.13. The largest absolute Gasteiger partial charge is 0.353 e. The lowest BCUT2D eigenvalue weighted by molar-refractivity contribution is -0.120. The van der Waals surface area contributed by atoms with Crippen molar-refractivity contribution >= 4 is 5.91 Å². The van der Waals surface area contributed by atoms with Crippen LogP contribution in [0.25, 0.3) is 0 Å². The van der Waals surface area contributed by atoms with Crippen LogP contribution in [0.2, 0.25) is 0 Å². The molecular formula is C13H29N3O. The Balaban J connectivity index is 3.51. The Bertz CT molecular complexity index is 193. The summed E-state index contributed by atoms with van der Waals surface area (Å²) in [5, 5.41) is 6.16. The van der Waals surface area contributed by atoms with Gasteiger partial charge in [-0.15, -0.1) is 0 Å². The number of likely N-dealkylation sites (N-methyl/N-ethyl adjacent to an activating group) is 1. The first kappa shape index (κ1) is 16.4. The number of nitrogens with one attached hydrogen (secondary N) is 2. The maximum Gasteiger partial charge on any atom is 0.234 e. The van der Waals surface area contributed by atoms with E-state index in [9.17, 15) is 4.79 Å². The van der Waals surface area contributed by atoms with Gasteiger partial charge < -0.3 is 15.5 Å². The quantitative estimate of drug-likeness (QED) is 0.567. The molecule has 0 aliphatic heterocycles. The van der Waals surface area contributed by atoms with Crippen LogP contribution in [0.4, 0.5) is 0 Å². The summed E-state index contributed by atoms with van der Waals surface area (Å²) in [6.45, 7) is 12.9. The molecule has 0 rings (SSSR count). The molecule has 0 radical (unpaired) electrons. The molecule has 4 nitrogen and oxygen atoms in total. The summed E-state index contributed by atoms with van der Waals surface area (Å²) in [5.41, 5.74) is 0. The molecule has 102 valence electrons. The first-order valence-corrected chi connectivity index (χ1v) is 6.86. The van der Waals surface area contributed by atoms with Gasteiger partial charge in [0, 0.05) is 19.1 Å². The molecule has 2 N–H and O–H groups in total. The molecule has 0 saturated carbocycles. The summed E-state index contributed by atoms with van der Waals surface area (Å²) in [5.74, 6) is 0.102. The number of rotatable bonds is 10. The Morgan fingerprint density at radius 2 is 1.88 bits per heavy atom. The van der Waals surface area contributed by atoms with Crippen LogP contribution in [0.1, 0.15) is 40.5 Å². The van der Waals surface area contributed by atoms with Crippen molar-refractivity contribution in [1.82, 2.24) is 15.5 Å². The van der Waals surface area contributed by atoms with Crippen LogP contribution in [-0.4, -0.2) is 49.6 Å². The van der Waals surface area contributed by atoms with Crippen molar-refractivity contribution in [1.29, 1.82) is 0 Å². The minimum atomic E-state index is 0.102. The second-order valence-electron chi connectivity index (χ2n) is 4.46. The Labute approximate surface area is 106 Å². The van der Waals surface area contributed by atoms with Crippen LogP contribution in [0.3, 0.4) is 0 Å². The van der Waals surface area contributed by atoms with Crippen molar-refractivity contribution in [2.45, 2.75) is 46.6 Å². The van der Waals surface area contributed by atoms with Crippen LogP contribution >= 0.6 is 0 Å². The van der Waals surface area contributed by atoms with Gasteiger partial charge in [-0.05, 0) is 26.4 Å². The Kier molecular flexibility index (Phi) is 10.2. The Morgan fingerprint density at radius 3 is 2.41 bits per heavy atom. The van der Waals surface area contributed by atoms with Crippen molar-refractivity contribution in [2.75, 3.05) is 32.7 Å². The summed E-state index contributed by atoms with van der Waals surface area (Å²) in [6, 6.07) is 0.289. The number of carbonyl (C=O) groups excluding carboxylic acids is 1. The highest BCUT2D eigenvalue weighted by molar-refractivity contribution is 5.78. The van der Waals surface area contributed by atoms with Gasteiger partial charge in [-0.2, -0.15) is 0 Å². The van der Waals surface area contributed by atoms with E-state index >= 15 is 0 Å². The summed E-state index contributed by atoms with van der Waals surface area (Å²) in [7, 11) is 0. The molecule has 0 aromatic rings. The van der Waals surface area contributed by atoms with E-state index in [1.54, 1.807) is 0 Å². The van der Waals surface area contributed by atoms with Crippen molar-refractivity contribution in [3.63, 3.8) is 0 Å². The van der Waals surface area contributed by atoms with Crippen LogP contribution < -0.4 is 10.6 Å². The molecule has 0 heterocycles. The second kappa shape index (κ2) is 10.5. The maximum atomic E-state index is 11.5. The molecule has 0 aromatic carbocycles. The number of nitrogens with zero attached hydrogens (tertiary/aromatic N) is 1. The lowest BCUT2D eigenvalue weighted by atomic mass is 10.2. The number of carbonyl (C=O) groups is 1. The van der Waals surface area contributed by atoms with Crippen molar-refractivity contribution in [2.24, 2.45) is 0 Å². The summed E-state index contributed by atoms with van der Waals surface area (Å²) < 4.78 is 0. The molecule has 17 heavy (non-hydrogen) atoms. The third kappa shape index (κ3) is 9.12. The van der Waals surface area contributed by atoms with Crippen molar-refractivity contribution in [3.8, 4) is 0 Å². The zero-order valence-corrected chi connectivity index (χ0v) is 11.9. The smallest absolute Gasteiger partial charge is 0.234 e. The van der Waals surface area contributed by atoms with E-state index in [-0.39, 0.29) is 11.9 Å². The lowest BCUT2D eigenvalue weighted by Crippen LogP contribution is -2.41. The Hall–Kier alpha value is -0.610. The minimum Gasteiger partial charge on any atom is -0.353 e. The third-order valence-electron chi connectivity index (χ3n) is 2.91. The summed E-state index contributed by atoms with van der Waals surface area (Å²) >= 11 is 0. The fraction of sp³-hybridized carbons (Fsp3) is 0.923. The molecule has 1 atom stereocenters. The molecule has 0 aliphatic carbocycles. The monoisotopic (exact) mass is 243 g/mol. The van der Waals surface area contributed by atoms with Crippen LogP contribution in [0.5, 0.6) is 0 Å². The molecule has 0 aliphatic rings. The molecule has 1 unspecified atom stereocenters. The second-order valence-corrected chi connectivity index (χ2v) is 4.46. The van der Waals surface area contributed by atoms with E-state index < -0.39 is 0 Å². The molecule has 0 bridgehead atoms. The van der Waals surface area contributed by atoms with E-state index in [0.717, 1.165) is 39.0 Å². The third-order valence-corrected chi connectivity index (χ3v) is 2.91. The molecular weight excluding hydrogens is 214 g/mol. The minimum absolute atomic E-state index is 0.102. The maximum absolute atomic E-state index is 11.5. The highest BCUT2D eigenvalue weighted by Gasteiger charge is 2.05. The normalized spacial score (nSPS) is 12.8. The number of hydrogen-bond acceptors (Lipinski definition) is 3. The predicted octanol–water partition coefficient (Wildman–Crippen LogP) is 1.22. The van der Waals surface area contributed by atoms with E-state index in [2.05, 4.69) is 43.2 Å². The van der Waals surface area contributed by atoms with Gasteiger partial charge in [0.1, 0.15) is 0 Å². The van der Waals surface area contributed by atoms with Gasteiger partial charge in [0.25, 0.3) is 0 Å². The SMILES string of the molecule is CCCC(C)NC(=O)CNCCN(CC)CC. The standard InChI is InChI=1S/C13H29N3O/c1-5-8-12(4)15-13(17)11-14-9-10-16(6-2)7-3/h12,14H,5-11H2,1-4H3,(H,15,17). The van der Waals surface area contributed by atoms with Gasteiger partial charge in [-0.3, -0.25) is 4.79 Å². The average molecular weight is 243 g/mol. The highest BCUT2D eigenvalue weighted by atomic mass is 16.1. The van der Waals surface area contributed by atoms with Gasteiger partial charge in [0.2, 0.25) is 5.91 Å². The van der Waals surface area contributed by atoms with Crippen LogP contribution in [0.15, 0.2) is 0 Å². The molecule has 4 heteroatoms. The predicted molar refractivity (Wildman–Crippen MR) is 73.2 cm³/mol. The van der Waals surface area contributed by atoms with Crippen LogP contribution in [-0.2, 0) is 4.79 Å². The van der Waals surface area contributed by atoms with Gasteiger partial charge in [0.15, 0.2) is 0 Å². The topological polar surface area (TPSA) is 44.4 Å². The molecule has 1 amide bonds. The van der Waals surface area contributed by atoms with Gasteiger partial charge >= 0.3 is 0 Å². The fourth-order valence-corrected chi connectivity index (χ4v) is 1.81. The molecule has 0 saturated heterocycles. The highest BCUT2D eigenvalue weighted by Crippen LogP contribution is 1.93. The van der Waals surface area contributed by atoms with Crippen LogP contribution in [0, 0.1) is 0 Å². The van der Waals surface area contributed by atoms with Crippen molar-refractivity contribution < 1.29 is 4.79 Å². The van der Waals surface area contributed by atoms with Gasteiger partial charge in [-0.1, -0.05) is 27.2 Å². The number of hydrogen-bond donors (Lipinski definition) is 2. The van der Waals surface area contributed by atoms with Gasteiger partial charge in [0.05, 0.1) is 6.54 Å². The number of amides is 1. The average Bonchev–Trinajstić information content (AvgIpc) is 2.29. The Morgan fingerprint density at radius 1 is 1.24 bits per heavy atom. The van der Waals surface area contributed by atoms with Crippen molar-refractivity contribution in [3.05, 3.63) is 0 Å². The zero-order valence-electron chi connectivity index (χ0n) is 11.9. The fourth-order valence-electron chi connectivity index (χ4n) is 1.81. The van der Waals surface area contributed by atoms with Gasteiger partial charge in [-0.25, -0.2) is 0 Å². The van der Waals surface area contributed by atoms with E-state index in [4.69, 9.17) is 0 Å². The molecule has 0 spiro atoms. The zero-order chi connectivity index (χ0) is 13.1. The van der Waals surface area contributed by atoms with E-state index in [0.29, 0.717) is 6.54 Å². The van der Waals surface area contributed by atoms with E-state index in [1.165, 1.54) is 0 Å².